The molecule has 2 atom stereocenters. The van der Waals surface area contributed by atoms with E-state index in [9.17, 15) is 4.79 Å². The fourth-order valence-corrected chi connectivity index (χ4v) is 1.07. The second-order valence-electron chi connectivity index (χ2n) is 4.93. The first-order valence-electron chi connectivity index (χ1n) is 5.41. The second-order valence-corrected chi connectivity index (χ2v) is 4.93. The molecule has 5 nitrogen and oxygen atoms in total. The minimum absolute atomic E-state index is 0.00370. The van der Waals surface area contributed by atoms with Crippen LogP contribution in [0.25, 0.3) is 0 Å². The molecule has 0 aliphatic carbocycles. The average Bonchev–Trinajstić information content (AvgIpc) is 2.11. The summed E-state index contributed by atoms with van der Waals surface area (Å²) in [6.07, 6.45) is 0.264. The molecule has 0 spiro atoms. The lowest BCUT2D eigenvalue weighted by atomic mass is 9.96. The molecule has 16 heavy (non-hydrogen) atoms. The van der Waals surface area contributed by atoms with E-state index in [1.807, 2.05) is 6.92 Å². The van der Waals surface area contributed by atoms with Crippen LogP contribution in [-0.2, 0) is 14.6 Å². The van der Waals surface area contributed by atoms with Crippen molar-refractivity contribution in [3.05, 3.63) is 0 Å². The molecule has 0 radical (unpaired) electrons. The third kappa shape index (κ3) is 6.76. The third-order valence-corrected chi connectivity index (χ3v) is 2.18. The minimum Gasteiger partial charge on any atom is -0.481 e. The van der Waals surface area contributed by atoms with Gasteiger partial charge in [-0.15, -0.1) is 0 Å². The van der Waals surface area contributed by atoms with Gasteiger partial charge in [0.15, 0.2) is 0 Å². The summed E-state index contributed by atoms with van der Waals surface area (Å²) in [6.45, 7) is 7.13. The molecular weight excluding hydrogens is 212 g/mol. The van der Waals surface area contributed by atoms with E-state index in [-0.39, 0.29) is 18.6 Å². The first kappa shape index (κ1) is 15.3. The van der Waals surface area contributed by atoms with Gasteiger partial charge in [0, 0.05) is 0 Å². The zero-order valence-electron chi connectivity index (χ0n) is 10.4. The molecule has 0 saturated carbocycles. The average molecular weight is 234 g/mol. The van der Waals surface area contributed by atoms with E-state index >= 15 is 0 Å². The normalized spacial score (nSPS) is 15.8. The number of carbonyl (C=O) groups is 1. The number of aliphatic hydroxyl groups excluding tert-OH is 1. The first-order valence-corrected chi connectivity index (χ1v) is 5.41. The Hall–Kier alpha value is -0.650. The van der Waals surface area contributed by atoms with Crippen molar-refractivity contribution < 1.29 is 24.8 Å². The van der Waals surface area contributed by atoms with Gasteiger partial charge in [-0.3, -0.25) is 4.79 Å². The van der Waals surface area contributed by atoms with Crippen molar-refractivity contribution in [1.29, 1.82) is 0 Å². The van der Waals surface area contributed by atoms with Gasteiger partial charge in [0.25, 0.3) is 0 Å². The molecule has 0 aliphatic heterocycles. The number of hydrogen-bond donors (Lipinski definition) is 2. The molecule has 2 unspecified atom stereocenters. The molecule has 0 aliphatic rings. The molecule has 0 bridgehead atoms. The largest absolute Gasteiger partial charge is 0.481 e. The highest BCUT2D eigenvalue weighted by Crippen LogP contribution is 2.16. The molecule has 0 saturated heterocycles. The van der Waals surface area contributed by atoms with Gasteiger partial charge in [-0.1, -0.05) is 6.92 Å². The Bertz CT molecular complexity index is 212. The quantitative estimate of drug-likeness (QED) is 0.377. The Morgan fingerprint density at radius 1 is 1.31 bits per heavy atom. The molecule has 0 aromatic rings. The summed E-state index contributed by atoms with van der Waals surface area (Å²) in [6, 6.07) is 0. The molecule has 2 N–H and O–H groups in total. The van der Waals surface area contributed by atoms with Crippen LogP contribution in [0.3, 0.4) is 0 Å². The number of carboxylic acids is 1. The van der Waals surface area contributed by atoms with Crippen molar-refractivity contribution in [1.82, 2.24) is 0 Å². The van der Waals surface area contributed by atoms with Gasteiger partial charge in [-0.05, 0) is 33.1 Å². The van der Waals surface area contributed by atoms with Crippen LogP contribution in [0.15, 0.2) is 0 Å². The first-order chi connectivity index (χ1) is 7.25. The highest BCUT2D eigenvalue weighted by atomic mass is 17.2. The van der Waals surface area contributed by atoms with Gasteiger partial charge >= 0.3 is 5.97 Å². The molecule has 0 amide bonds. The van der Waals surface area contributed by atoms with Gasteiger partial charge in [0.05, 0.1) is 24.7 Å². The summed E-state index contributed by atoms with van der Waals surface area (Å²) in [5.41, 5.74) is -0.951. The number of carboxylic acid groups (broad SMARTS) is 1. The maximum absolute atomic E-state index is 10.7. The summed E-state index contributed by atoms with van der Waals surface area (Å²) in [7, 11) is 0. The van der Waals surface area contributed by atoms with Gasteiger partial charge in [-0.25, -0.2) is 9.78 Å². The van der Waals surface area contributed by atoms with E-state index in [1.165, 1.54) is 0 Å². The van der Waals surface area contributed by atoms with Gasteiger partial charge in [0.2, 0.25) is 0 Å². The topological polar surface area (TPSA) is 76.0 Å². The van der Waals surface area contributed by atoms with Gasteiger partial charge < -0.3 is 10.2 Å². The molecule has 5 heteroatoms. The summed E-state index contributed by atoms with van der Waals surface area (Å²) < 4.78 is 0. The zero-order chi connectivity index (χ0) is 12.8. The Morgan fingerprint density at radius 2 is 1.88 bits per heavy atom. The standard InChI is InChI=1S/C11H22O5/c1-8(5-9(2)12)6-15-16-7-11(3,4)10(13)14/h8-9,12H,5-7H2,1-4H3,(H,13,14). The summed E-state index contributed by atoms with van der Waals surface area (Å²) in [5, 5.41) is 17.9. The van der Waals surface area contributed by atoms with Crippen LogP contribution in [-0.4, -0.2) is 35.5 Å². The van der Waals surface area contributed by atoms with Crippen LogP contribution in [0.4, 0.5) is 0 Å². The molecular formula is C11H22O5. The highest BCUT2D eigenvalue weighted by molar-refractivity contribution is 5.73. The lowest BCUT2D eigenvalue weighted by Gasteiger charge is -2.19. The third-order valence-electron chi connectivity index (χ3n) is 2.18. The number of aliphatic carboxylic acids is 1. The molecule has 0 fully saturated rings. The van der Waals surface area contributed by atoms with Crippen molar-refractivity contribution in [3.63, 3.8) is 0 Å². The summed E-state index contributed by atoms with van der Waals surface area (Å²) >= 11 is 0. The monoisotopic (exact) mass is 234 g/mol. The lowest BCUT2D eigenvalue weighted by molar-refractivity contribution is -0.312. The summed E-state index contributed by atoms with van der Waals surface area (Å²) in [5.74, 6) is -0.749. The minimum atomic E-state index is -0.951. The van der Waals surface area contributed by atoms with Crippen LogP contribution < -0.4 is 0 Å². The fourth-order valence-electron chi connectivity index (χ4n) is 1.07. The predicted molar refractivity (Wildman–Crippen MR) is 58.8 cm³/mol. The van der Waals surface area contributed by atoms with Crippen LogP contribution in [0, 0.1) is 11.3 Å². The van der Waals surface area contributed by atoms with E-state index in [2.05, 4.69) is 0 Å². The van der Waals surface area contributed by atoms with E-state index in [4.69, 9.17) is 20.0 Å². The Morgan fingerprint density at radius 3 is 2.31 bits per heavy atom. The van der Waals surface area contributed by atoms with Crippen LogP contribution in [0.2, 0.25) is 0 Å². The van der Waals surface area contributed by atoms with Crippen LogP contribution in [0.5, 0.6) is 0 Å². The number of rotatable bonds is 8. The van der Waals surface area contributed by atoms with E-state index in [0.717, 1.165) is 0 Å². The molecule has 96 valence electrons. The fraction of sp³-hybridized carbons (Fsp3) is 0.909. The van der Waals surface area contributed by atoms with Crippen molar-refractivity contribution in [3.8, 4) is 0 Å². The van der Waals surface area contributed by atoms with Crippen molar-refractivity contribution in [2.45, 2.75) is 40.2 Å². The van der Waals surface area contributed by atoms with Crippen molar-refractivity contribution >= 4 is 5.97 Å². The number of hydrogen-bond acceptors (Lipinski definition) is 4. The predicted octanol–water partition coefficient (Wildman–Crippen LogP) is 1.45. The van der Waals surface area contributed by atoms with Crippen molar-refractivity contribution in [2.75, 3.05) is 13.2 Å². The highest BCUT2D eigenvalue weighted by Gasteiger charge is 2.28. The Labute approximate surface area is 96.3 Å². The zero-order valence-corrected chi connectivity index (χ0v) is 10.4. The lowest BCUT2D eigenvalue weighted by Crippen LogP contribution is -2.29. The van der Waals surface area contributed by atoms with Gasteiger partial charge in [-0.2, -0.15) is 0 Å². The second kappa shape index (κ2) is 6.83. The maximum Gasteiger partial charge on any atom is 0.311 e. The van der Waals surface area contributed by atoms with Gasteiger partial charge in [0.1, 0.15) is 0 Å². The Balaban J connectivity index is 3.64. The van der Waals surface area contributed by atoms with Crippen LogP contribution in [0.1, 0.15) is 34.1 Å². The molecule has 0 aromatic carbocycles. The molecule has 0 heterocycles. The molecule has 0 rings (SSSR count). The molecule has 0 aromatic heterocycles. The maximum atomic E-state index is 10.7. The van der Waals surface area contributed by atoms with E-state index in [1.54, 1.807) is 20.8 Å². The Kier molecular flexibility index (Phi) is 6.55. The number of aliphatic hydroxyl groups is 1. The smallest absolute Gasteiger partial charge is 0.311 e. The van der Waals surface area contributed by atoms with Crippen molar-refractivity contribution in [2.24, 2.45) is 11.3 Å². The SMILES string of the molecule is CC(O)CC(C)COOCC(C)(C)C(=O)O. The summed E-state index contributed by atoms with van der Waals surface area (Å²) in [4.78, 5) is 20.5. The van der Waals surface area contributed by atoms with E-state index in [0.29, 0.717) is 13.0 Å². The van der Waals surface area contributed by atoms with Crippen LogP contribution >= 0.6 is 0 Å². The van der Waals surface area contributed by atoms with E-state index < -0.39 is 11.4 Å².